The summed E-state index contributed by atoms with van der Waals surface area (Å²) in [4.78, 5) is 28.4. The smallest absolute Gasteiger partial charge is 0.260 e. The van der Waals surface area contributed by atoms with Gasteiger partial charge in [0, 0.05) is 35.1 Å². The predicted molar refractivity (Wildman–Crippen MR) is 116 cm³/mol. The molecule has 1 heterocycles. The summed E-state index contributed by atoms with van der Waals surface area (Å²) in [6.07, 6.45) is -0.641. The minimum atomic E-state index is -0.641. The fourth-order valence-electron chi connectivity index (χ4n) is 3.13. The number of nitrogens with one attached hydrogen (secondary N) is 1. The van der Waals surface area contributed by atoms with Gasteiger partial charge in [-0.05, 0) is 25.1 Å². The minimum Gasteiger partial charge on any atom is -0.347 e. The zero-order chi connectivity index (χ0) is 21.8. The van der Waals surface area contributed by atoms with E-state index in [1.807, 2.05) is 24.3 Å². The number of amides is 2. The third kappa shape index (κ3) is 4.75. The fourth-order valence-corrected chi connectivity index (χ4v) is 3.63. The van der Waals surface area contributed by atoms with Crippen LogP contribution in [0, 0.1) is 0 Å². The third-order valence-electron chi connectivity index (χ3n) is 4.66. The first kappa shape index (κ1) is 22.1. The first-order valence-corrected chi connectivity index (χ1v) is 10.0. The van der Waals surface area contributed by atoms with Crippen LogP contribution in [0.4, 0.5) is 5.69 Å². The van der Waals surface area contributed by atoms with Crippen molar-refractivity contribution >= 4 is 46.5 Å². The lowest BCUT2D eigenvalue weighted by molar-refractivity contribution is -0.161. The predicted octanol–water partition coefficient (Wildman–Crippen LogP) is 4.08. The van der Waals surface area contributed by atoms with E-state index in [0.717, 1.165) is 11.3 Å². The molecular formula is C21H22Cl2N4O3. The number of hydrazine groups is 1. The van der Waals surface area contributed by atoms with Crippen LogP contribution in [-0.4, -0.2) is 41.3 Å². The van der Waals surface area contributed by atoms with Crippen molar-refractivity contribution in [2.24, 2.45) is 4.99 Å². The molecular weight excluding hydrogens is 427 g/mol. The normalized spacial score (nSPS) is 15.3. The molecule has 7 nitrogen and oxygen atoms in total. The summed E-state index contributed by atoms with van der Waals surface area (Å²) in [5.74, 6) is -0.0292. The van der Waals surface area contributed by atoms with E-state index in [9.17, 15) is 9.59 Å². The number of amidine groups is 1. The molecule has 2 amide bonds. The average Bonchev–Trinajstić information content (AvgIpc) is 2.70. The number of hydrogen-bond donors (Lipinski definition) is 1. The molecule has 0 aromatic heterocycles. The Morgan fingerprint density at radius 2 is 1.83 bits per heavy atom. The lowest BCUT2D eigenvalue weighted by atomic mass is 10.1. The van der Waals surface area contributed by atoms with Crippen molar-refractivity contribution in [3.05, 3.63) is 63.6 Å². The molecule has 3 rings (SSSR count). The van der Waals surface area contributed by atoms with E-state index in [4.69, 9.17) is 27.9 Å². The molecule has 1 aliphatic heterocycles. The van der Waals surface area contributed by atoms with Crippen molar-refractivity contribution < 1.29 is 14.3 Å². The van der Waals surface area contributed by atoms with Gasteiger partial charge in [-0.25, -0.2) is 10.0 Å². The van der Waals surface area contributed by atoms with Crippen LogP contribution < -0.4 is 5.32 Å². The quantitative estimate of drug-likeness (QED) is 0.721. The number of benzene rings is 2. The molecule has 0 radical (unpaired) electrons. The third-order valence-corrected chi connectivity index (χ3v) is 5.37. The molecule has 0 aliphatic carbocycles. The van der Waals surface area contributed by atoms with Crippen LogP contribution in [0.3, 0.4) is 0 Å². The molecule has 1 unspecified atom stereocenters. The summed E-state index contributed by atoms with van der Waals surface area (Å²) in [6, 6.07) is 12.8. The molecule has 30 heavy (non-hydrogen) atoms. The van der Waals surface area contributed by atoms with Crippen LogP contribution in [0.15, 0.2) is 47.5 Å². The molecule has 2 aromatic rings. The van der Waals surface area contributed by atoms with Crippen LogP contribution in [-0.2, 0) is 20.9 Å². The van der Waals surface area contributed by atoms with Crippen molar-refractivity contribution in [2.75, 3.05) is 13.6 Å². The van der Waals surface area contributed by atoms with Gasteiger partial charge in [0.1, 0.15) is 5.84 Å². The molecule has 1 atom stereocenters. The van der Waals surface area contributed by atoms with Crippen LogP contribution >= 0.6 is 23.2 Å². The summed E-state index contributed by atoms with van der Waals surface area (Å²) < 4.78 is 6.23. The van der Waals surface area contributed by atoms with Crippen molar-refractivity contribution in [1.29, 1.82) is 0 Å². The second-order valence-corrected chi connectivity index (χ2v) is 7.57. The first-order valence-electron chi connectivity index (χ1n) is 9.28. The summed E-state index contributed by atoms with van der Waals surface area (Å²) in [6.45, 7) is 3.14. The van der Waals surface area contributed by atoms with Gasteiger partial charge in [-0.1, -0.05) is 47.5 Å². The molecule has 0 saturated heterocycles. The summed E-state index contributed by atoms with van der Waals surface area (Å²) in [5.41, 5.74) is 2.21. The Morgan fingerprint density at radius 1 is 1.17 bits per heavy atom. The van der Waals surface area contributed by atoms with Crippen LogP contribution in [0.5, 0.6) is 0 Å². The highest BCUT2D eigenvalue weighted by Gasteiger charge is 2.34. The SMILES string of the molecule is CC(=O)NCC(=O)N(C)N1C(C)=Nc2ccccc2C1OCc1c(Cl)cccc1Cl. The number of fused-ring (bicyclic) bond motifs is 1. The number of aliphatic imine (C=N–C) groups is 1. The maximum Gasteiger partial charge on any atom is 0.260 e. The molecule has 0 spiro atoms. The Morgan fingerprint density at radius 3 is 2.50 bits per heavy atom. The van der Waals surface area contributed by atoms with Crippen molar-refractivity contribution in [3.63, 3.8) is 0 Å². The summed E-state index contributed by atoms with van der Waals surface area (Å²) in [7, 11) is 1.61. The highest BCUT2D eigenvalue weighted by Crippen LogP contribution is 2.37. The van der Waals surface area contributed by atoms with Gasteiger partial charge in [-0.2, -0.15) is 0 Å². The highest BCUT2D eigenvalue weighted by atomic mass is 35.5. The first-order chi connectivity index (χ1) is 14.3. The van der Waals surface area contributed by atoms with Gasteiger partial charge in [0.25, 0.3) is 5.91 Å². The van der Waals surface area contributed by atoms with E-state index in [1.165, 1.54) is 11.9 Å². The van der Waals surface area contributed by atoms with E-state index < -0.39 is 6.23 Å². The molecule has 0 bridgehead atoms. The Labute approximate surface area is 185 Å². The lowest BCUT2D eigenvalue weighted by Gasteiger charge is -2.41. The number of rotatable bonds is 6. The van der Waals surface area contributed by atoms with Gasteiger partial charge in [0.05, 0.1) is 18.8 Å². The van der Waals surface area contributed by atoms with Gasteiger partial charge in [-0.3, -0.25) is 14.6 Å². The van der Waals surface area contributed by atoms with Crippen LogP contribution in [0.1, 0.15) is 31.2 Å². The molecule has 1 N–H and O–H groups in total. The maximum absolute atomic E-state index is 12.6. The molecule has 0 saturated carbocycles. The molecule has 158 valence electrons. The van der Waals surface area contributed by atoms with E-state index in [1.54, 1.807) is 37.2 Å². The Bertz CT molecular complexity index is 976. The van der Waals surface area contributed by atoms with Gasteiger partial charge >= 0.3 is 0 Å². The number of likely N-dealkylation sites (N-methyl/N-ethyl adjacent to an activating group) is 1. The lowest BCUT2D eigenvalue weighted by Crippen LogP contribution is -2.52. The topological polar surface area (TPSA) is 74.2 Å². The summed E-state index contributed by atoms with van der Waals surface area (Å²) >= 11 is 12.6. The zero-order valence-electron chi connectivity index (χ0n) is 16.9. The average molecular weight is 449 g/mol. The van der Waals surface area contributed by atoms with Gasteiger partial charge in [-0.15, -0.1) is 0 Å². The van der Waals surface area contributed by atoms with E-state index in [2.05, 4.69) is 10.3 Å². The monoisotopic (exact) mass is 448 g/mol. The number of halogens is 2. The Hall–Kier alpha value is -2.61. The Balaban J connectivity index is 1.91. The number of hydrogen-bond acceptors (Lipinski definition) is 5. The van der Waals surface area contributed by atoms with Crippen molar-refractivity contribution in [2.45, 2.75) is 26.7 Å². The van der Waals surface area contributed by atoms with Gasteiger partial charge < -0.3 is 10.1 Å². The largest absolute Gasteiger partial charge is 0.347 e. The van der Waals surface area contributed by atoms with E-state index >= 15 is 0 Å². The number of carbonyl (C=O) groups excluding carboxylic acids is 2. The molecule has 9 heteroatoms. The van der Waals surface area contributed by atoms with E-state index in [-0.39, 0.29) is 25.0 Å². The molecule has 1 aliphatic rings. The second kappa shape index (κ2) is 9.47. The number of ether oxygens (including phenoxy) is 1. The van der Waals surface area contributed by atoms with E-state index in [0.29, 0.717) is 21.4 Å². The number of carbonyl (C=O) groups is 2. The van der Waals surface area contributed by atoms with Crippen LogP contribution in [0.2, 0.25) is 10.0 Å². The maximum atomic E-state index is 12.6. The fraction of sp³-hybridized carbons (Fsp3) is 0.286. The van der Waals surface area contributed by atoms with Crippen molar-refractivity contribution in [3.8, 4) is 0 Å². The molecule has 2 aromatic carbocycles. The summed E-state index contributed by atoms with van der Waals surface area (Å²) in [5, 5.41) is 6.55. The number of nitrogens with zero attached hydrogens (tertiary/aromatic N) is 3. The van der Waals surface area contributed by atoms with Gasteiger partial charge in [0.2, 0.25) is 5.91 Å². The Kier molecular flexibility index (Phi) is 6.97. The minimum absolute atomic E-state index is 0.134. The number of para-hydroxylation sites is 1. The van der Waals surface area contributed by atoms with Crippen LogP contribution in [0.25, 0.3) is 0 Å². The van der Waals surface area contributed by atoms with Crippen molar-refractivity contribution in [1.82, 2.24) is 15.3 Å². The second-order valence-electron chi connectivity index (χ2n) is 6.75. The molecule has 0 fully saturated rings. The standard InChI is InChI=1S/C21H22Cl2N4O3/c1-13-25-19-10-5-4-7-15(19)21(27(13)26(3)20(29)11-24-14(2)28)30-12-16-17(22)8-6-9-18(16)23/h4-10,21H,11-12H2,1-3H3,(H,24,28). The van der Waals surface area contributed by atoms with Gasteiger partial charge in [0.15, 0.2) is 6.23 Å². The zero-order valence-corrected chi connectivity index (χ0v) is 18.4. The highest BCUT2D eigenvalue weighted by molar-refractivity contribution is 6.35.